The quantitative estimate of drug-likeness (QED) is 0.897. The number of benzene rings is 1. The lowest BCUT2D eigenvalue weighted by Gasteiger charge is -2.39. The molecule has 1 aliphatic heterocycles. The standard InChI is InChI=1S/C20H30N2O/c1-15-7-6-8-17(13-15)20(10-4-3-5-11-20)19(23)22-18-9-12-21-16(2)14-18/h6-8,13,16,18,21H,3-5,9-12,14H2,1-2H3,(H,22,23). The van der Waals surface area contributed by atoms with Crippen LogP contribution in [0.3, 0.4) is 0 Å². The van der Waals surface area contributed by atoms with Gasteiger partial charge in [-0.15, -0.1) is 0 Å². The zero-order chi connectivity index (χ0) is 16.3. The van der Waals surface area contributed by atoms with Crippen molar-refractivity contribution in [3.05, 3.63) is 35.4 Å². The highest BCUT2D eigenvalue weighted by Crippen LogP contribution is 2.40. The first-order valence-electron chi connectivity index (χ1n) is 9.22. The molecule has 2 N–H and O–H groups in total. The molecule has 0 bridgehead atoms. The number of carbonyl (C=O) groups is 1. The number of nitrogens with one attached hydrogen (secondary N) is 2. The Kier molecular flexibility index (Phi) is 5.05. The van der Waals surface area contributed by atoms with Crippen LogP contribution in [0.5, 0.6) is 0 Å². The van der Waals surface area contributed by atoms with Gasteiger partial charge in [-0.25, -0.2) is 0 Å². The van der Waals surface area contributed by atoms with Crippen LogP contribution in [0, 0.1) is 6.92 Å². The fraction of sp³-hybridized carbons (Fsp3) is 0.650. The van der Waals surface area contributed by atoms with Crippen LogP contribution in [0.2, 0.25) is 0 Å². The minimum absolute atomic E-state index is 0.266. The zero-order valence-corrected chi connectivity index (χ0v) is 14.5. The minimum Gasteiger partial charge on any atom is -0.352 e. The van der Waals surface area contributed by atoms with E-state index in [0.29, 0.717) is 12.1 Å². The van der Waals surface area contributed by atoms with Crippen LogP contribution in [0.15, 0.2) is 24.3 Å². The van der Waals surface area contributed by atoms with Crippen LogP contribution >= 0.6 is 0 Å². The van der Waals surface area contributed by atoms with Gasteiger partial charge in [0.25, 0.3) is 0 Å². The maximum Gasteiger partial charge on any atom is 0.230 e. The predicted octanol–water partition coefficient (Wildman–Crippen LogP) is 3.45. The highest BCUT2D eigenvalue weighted by molar-refractivity contribution is 5.88. The van der Waals surface area contributed by atoms with Crippen LogP contribution in [0.4, 0.5) is 0 Å². The summed E-state index contributed by atoms with van der Waals surface area (Å²) >= 11 is 0. The number of carbonyl (C=O) groups excluding carboxylic acids is 1. The molecule has 126 valence electrons. The molecule has 1 aromatic carbocycles. The molecule has 2 atom stereocenters. The van der Waals surface area contributed by atoms with Crippen LogP contribution in [0.25, 0.3) is 0 Å². The lowest BCUT2D eigenvalue weighted by atomic mass is 9.68. The lowest BCUT2D eigenvalue weighted by Crippen LogP contribution is -2.53. The van der Waals surface area contributed by atoms with E-state index in [1.807, 2.05) is 0 Å². The summed E-state index contributed by atoms with van der Waals surface area (Å²) in [5, 5.41) is 6.86. The summed E-state index contributed by atoms with van der Waals surface area (Å²) < 4.78 is 0. The van der Waals surface area contributed by atoms with E-state index in [2.05, 4.69) is 48.7 Å². The number of aryl methyl sites for hydroxylation is 1. The van der Waals surface area contributed by atoms with Crippen molar-refractivity contribution in [3.63, 3.8) is 0 Å². The average molecular weight is 314 g/mol. The molecule has 1 saturated heterocycles. The van der Waals surface area contributed by atoms with Gasteiger partial charge in [-0.2, -0.15) is 0 Å². The van der Waals surface area contributed by atoms with Crippen molar-refractivity contribution >= 4 is 5.91 Å². The molecule has 1 amide bonds. The summed E-state index contributed by atoms with van der Waals surface area (Å²) in [4.78, 5) is 13.3. The molecule has 1 heterocycles. The number of hydrogen-bond acceptors (Lipinski definition) is 2. The molecule has 2 fully saturated rings. The largest absolute Gasteiger partial charge is 0.352 e. The van der Waals surface area contributed by atoms with E-state index in [9.17, 15) is 4.79 Å². The van der Waals surface area contributed by atoms with Crippen molar-refractivity contribution in [1.29, 1.82) is 0 Å². The van der Waals surface area contributed by atoms with Gasteiger partial charge in [-0.3, -0.25) is 4.79 Å². The molecule has 2 unspecified atom stereocenters. The molecular formula is C20H30N2O. The summed E-state index contributed by atoms with van der Waals surface area (Å²) in [6.45, 7) is 5.32. The van der Waals surface area contributed by atoms with Crippen molar-refractivity contribution in [1.82, 2.24) is 10.6 Å². The molecule has 0 aromatic heterocycles. The van der Waals surface area contributed by atoms with E-state index in [0.717, 1.165) is 45.1 Å². The fourth-order valence-corrected chi connectivity index (χ4v) is 4.33. The Morgan fingerprint density at radius 1 is 1.26 bits per heavy atom. The third kappa shape index (κ3) is 3.60. The molecule has 0 spiro atoms. The van der Waals surface area contributed by atoms with Crippen molar-refractivity contribution in [2.45, 2.75) is 76.3 Å². The number of rotatable bonds is 3. The maximum atomic E-state index is 13.3. The van der Waals surface area contributed by atoms with Crippen LogP contribution in [-0.4, -0.2) is 24.5 Å². The topological polar surface area (TPSA) is 41.1 Å². The monoisotopic (exact) mass is 314 g/mol. The Hall–Kier alpha value is -1.35. The third-order valence-electron chi connectivity index (χ3n) is 5.67. The molecule has 3 nitrogen and oxygen atoms in total. The predicted molar refractivity (Wildman–Crippen MR) is 94.6 cm³/mol. The van der Waals surface area contributed by atoms with E-state index in [-0.39, 0.29) is 11.3 Å². The van der Waals surface area contributed by atoms with E-state index in [1.54, 1.807) is 0 Å². The summed E-state index contributed by atoms with van der Waals surface area (Å²) in [5.41, 5.74) is 2.16. The molecule has 1 aromatic rings. The first-order chi connectivity index (χ1) is 11.1. The second kappa shape index (κ2) is 7.04. The zero-order valence-electron chi connectivity index (χ0n) is 14.5. The first-order valence-corrected chi connectivity index (χ1v) is 9.22. The molecular weight excluding hydrogens is 284 g/mol. The SMILES string of the molecule is Cc1cccc(C2(C(=O)NC3CCNC(C)C3)CCCCC2)c1. The Morgan fingerprint density at radius 3 is 2.74 bits per heavy atom. The molecule has 3 rings (SSSR count). The lowest BCUT2D eigenvalue weighted by molar-refractivity contribution is -0.129. The Labute approximate surface area is 140 Å². The van der Waals surface area contributed by atoms with E-state index < -0.39 is 0 Å². The molecule has 0 radical (unpaired) electrons. The molecule has 1 saturated carbocycles. The third-order valence-corrected chi connectivity index (χ3v) is 5.67. The maximum absolute atomic E-state index is 13.3. The van der Waals surface area contributed by atoms with Gasteiger partial charge in [0, 0.05) is 12.1 Å². The highest BCUT2D eigenvalue weighted by Gasteiger charge is 2.42. The van der Waals surface area contributed by atoms with E-state index >= 15 is 0 Å². The minimum atomic E-state index is -0.307. The van der Waals surface area contributed by atoms with Gasteiger partial charge in [-0.05, 0) is 51.6 Å². The van der Waals surface area contributed by atoms with Crippen molar-refractivity contribution < 1.29 is 4.79 Å². The van der Waals surface area contributed by atoms with Gasteiger partial charge in [0.2, 0.25) is 5.91 Å². The van der Waals surface area contributed by atoms with Crippen LogP contribution in [0.1, 0.15) is 63.0 Å². The van der Waals surface area contributed by atoms with Gasteiger partial charge in [0.05, 0.1) is 5.41 Å². The van der Waals surface area contributed by atoms with Gasteiger partial charge < -0.3 is 10.6 Å². The van der Waals surface area contributed by atoms with Crippen molar-refractivity contribution in [3.8, 4) is 0 Å². The molecule has 3 heteroatoms. The average Bonchev–Trinajstić information content (AvgIpc) is 2.55. The molecule has 1 aliphatic carbocycles. The van der Waals surface area contributed by atoms with Gasteiger partial charge in [0.15, 0.2) is 0 Å². The molecule has 23 heavy (non-hydrogen) atoms. The summed E-state index contributed by atoms with van der Waals surface area (Å²) in [6.07, 6.45) is 7.63. The van der Waals surface area contributed by atoms with Gasteiger partial charge in [0.1, 0.15) is 0 Å². The Morgan fingerprint density at radius 2 is 2.04 bits per heavy atom. The van der Waals surface area contributed by atoms with Crippen molar-refractivity contribution in [2.24, 2.45) is 0 Å². The Balaban J connectivity index is 1.82. The van der Waals surface area contributed by atoms with Crippen LogP contribution < -0.4 is 10.6 Å². The number of hydrogen-bond donors (Lipinski definition) is 2. The number of amides is 1. The van der Waals surface area contributed by atoms with E-state index in [4.69, 9.17) is 0 Å². The summed E-state index contributed by atoms with van der Waals surface area (Å²) in [7, 11) is 0. The second-order valence-electron chi connectivity index (χ2n) is 7.56. The molecule has 2 aliphatic rings. The summed E-state index contributed by atoms with van der Waals surface area (Å²) in [5.74, 6) is 0.266. The van der Waals surface area contributed by atoms with Crippen LogP contribution in [-0.2, 0) is 10.2 Å². The fourth-order valence-electron chi connectivity index (χ4n) is 4.33. The Bertz CT molecular complexity index is 548. The second-order valence-corrected chi connectivity index (χ2v) is 7.56. The van der Waals surface area contributed by atoms with E-state index in [1.165, 1.54) is 17.5 Å². The normalized spacial score (nSPS) is 27.4. The van der Waals surface area contributed by atoms with Gasteiger partial charge in [-0.1, -0.05) is 49.1 Å². The number of piperidine rings is 1. The highest BCUT2D eigenvalue weighted by atomic mass is 16.2. The van der Waals surface area contributed by atoms with Gasteiger partial charge >= 0.3 is 0 Å². The summed E-state index contributed by atoms with van der Waals surface area (Å²) in [6, 6.07) is 9.41. The first kappa shape index (κ1) is 16.5. The smallest absolute Gasteiger partial charge is 0.230 e. The van der Waals surface area contributed by atoms with Crippen molar-refractivity contribution in [2.75, 3.05) is 6.54 Å².